The average molecular weight is 308 g/mol. The lowest BCUT2D eigenvalue weighted by Crippen LogP contribution is -2.36. The minimum absolute atomic E-state index is 0.00169. The quantitative estimate of drug-likeness (QED) is 0.797. The summed E-state index contributed by atoms with van der Waals surface area (Å²) in [5.74, 6) is 0.349. The van der Waals surface area contributed by atoms with E-state index in [1.807, 2.05) is 29.2 Å². The van der Waals surface area contributed by atoms with Crippen molar-refractivity contribution >= 4 is 28.5 Å². The fraction of sp³-hybridized carbons (Fsp3) is 0.438. The molecular formula is C16H18ClNO3. The highest BCUT2D eigenvalue weighted by molar-refractivity contribution is 6.27. The molecule has 1 saturated heterocycles. The summed E-state index contributed by atoms with van der Waals surface area (Å²) >= 11 is 5.75. The molecule has 0 spiro atoms. The Kier molecular flexibility index (Phi) is 4.46. The number of carbonyl (C=O) groups excluding carboxylic acids is 1. The van der Waals surface area contributed by atoms with E-state index in [0.29, 0.717) is 19.0 Å². The van der Waals surface area contributed by atoms with E-state index in [2.05, 4.69) is 0 Å². The summed E-state index contributed by atoms with van der Waals surface area (Å²) in [7, 11) is 0. The van der Waals surface area contributed by atoms with E-state index >= 15 is 0 Å². The van der Waals surface area contributed by atoms with Crippen LogP contribution in [0, 0.1) is 5.92 Å². The normalized spacial score (nSPS) is 18.2. The van der Waals surface area contributed by atoms with Gasteiger partial charge in [-0.25, -0.2) is 0 Å². The first-order valence-electron chi connectivity index (χ1n) is 7.14. The molecule has 2 heterocycles. The number of benzene rings is 1. The number of carbonyl (C=O) groups is 1. The number of nitrogens with zero attached hydrogens (tertiary/aromatic N) is 1. The lowest BCUT2D eigenvalue weighted by Gasteiger charge is -2.24. The van der Waals surface area contributed by atoms with E-state index < -0.39 is 0 Å². The van der Waals surface area contributed by atoms with E-state index in [-0.39, 0.29) is 11.8 Å². The number of hydrogen-bond donors (Lipinski definition) is 0. The summed E-state index contributed by atoms with van der Waals surface area (Å²) in [6, 6.07) is 7.90. The third-order valence-corrected chi connectivity index (χ3v) is 4.12. The minimum atomic E-state index is -0.0490. The van der Waals surface area contributed by atoms with Gasteiger partial charge in [0.05, 0.1) is 12.9 Å². The molecule has 1 aromatic carbocycles. The fourth-order valence-electron chi connectivity index (χ4n) is 2.76. The van der Waals surface area contributed by atoms with Gasteiger partial charge in [-0.1, -0.05) is 18.2 Å². The average Bonchev–Trinajstić information content (AvgIpc) is 3.17. The predicted octanol–water partition coefficient (Wildman–Crippen LogP) is 3.04. The molecule has 1 atom stereocenters. The molecule has 5 heteroatoms. The molecule has 0 N–H and O–H groups in total. The van der Waals surface area contributed by atoms with Crippen molar-refractivity contribution in [3.05, 3.63) is 36.1 Å². The van der Waals surface area contributed by atoms with Crippen LogP contribution in [-0.4, -0.2) is 36.4 Å². The Morgan fingerprint density at radius 2 is 2.29 bits per heavy atom. The van der Waals surface area contributed by atoms with E-state index in [0.717, 1.165) is 36.2 Å². The van der Waals surface area contributed by atoms with Crippen molar-refractivity contribution in [1.29, 1.82) is 0 Å². The Morgan fingerprint density at radius 1 is 1.38 bits per heavy atom. The van der Waals surface area contributed by atoms with Crippen molar-refractivity contribution in [3.8, 4) is 0 Å². The highest BCUT2D eigenvalue weighted by Crippen LogP contribution is 2.23. The highest BCUT2D eigenvalue weighted by atomic mass is 35.5. The number of amides is 1. The van der Waals surface area contributed by atoms with E-state index in [1.165, 1.54) is 0 Å². The Hall–Kier alpha value is -1.52. The van der Waals surface area contributed by atoms with Gasteiger partial charge in [0, 0.05) is 36.6 Å². The monoisotopic (exact) mass is 307 g/mol. The molecule has 112 valence electrons. The Morgan fingerprint density at radius 3 is 3.05 bits per heavy atom. The Bertz CT molecular complexity index is 619. The molecular weight excluding hydrogens is 290 g/mol. The Labute approximate surface area is 128 Å². The number of hydrogen-bond acceptors (Lipinski definition) is 3. The fourth-order valence-corrected chi connectivity index (χ4v) is 2.93. The van der Waals surface area contributed by atoms with Gasteiger partial charge in [0.1, 0.15) is 11.5 Å². The maximum Gasteiger partial charge on any atom is 0.237 e. The van der Waals surface area contributed by atoms with Crippen LogP contribution in [-0.2, 0) is 16.1 Å². The van der Waals surface area contributed by atoms with E-state index in [1.54, 1.807) is 6.26 Å². The van der Waals surface area contributed by atoms with Gasteiger partial charge < -0.3 is 14.1 Å². The molecule has 1 unspecified atom stereocenters. The van der Waals surface area contributed by atoms with Crippen LogP contribution in [0.5, 0.6) is 0 Å². The molecule has 1 aromatic heterocycles. The molecule has 1 amide bonds. The van der Waals surface area contributed by atoms with Gasteiger partial charge in [-0.05, 0) is 12.5 Å². The Balaban J connectivity index is 1.79. The smallest absolute Gasteiger partial charge is 0.237 e. The number of rotatable bonds is 5. The van der Waals surface area contributed by atoms with Crippen molar-refractivity contribution in [3.63, 3.8) is 0 Å². The molecule has 0 bridgehead atoms. The number of fused-ring (bicyclic) bond motifs is 1. The van der Waals surface area contributed by atoms with Crippen LogP contribution in [0.2, 0.25) is 0 Å². The second-order valence-electron chi connectivity index (χ2n) is 5.39. The van der Waals surface area contributed by atoms with Gasteiger partial charge in [0.15, 0.2) is 0 Å². The standard InChI is InChI=1S/C16H18ClNO3/c17-8-15(19)18(9-12-4-6-20-11-12)10-14-3-1-2-13-5-7-21-16(13)14/h1-3,5,7,12H,4,6,8-11H2. The highest BCUT2D eigenvalue weighted by Gasteiger charge is 2.23. The first kappa shape index (κ1) is 14.4. The molecule has 0 radical (unpaired) electrons. The van der Waals surface area contributed by atoms with Crippen LogP contribution in [0.25, 0.3) is 11.0 Å². The van der Waals surface area contributed by atoms with Crippen molar-refractivity contribution < 1.29 is 13.9 Å². The predicted molar refractivity (Wildman–Crippen MR) is 81.3 cm³/mol. The van der Waals surface area contributed by atoms with Crippen molar-refractivity contribution in [1.82, 2.24) is 4.90 Å². The molecule has 0 aliphatic carbocycles. The van der Waals surface area contributed by atoms with Gasteiger partial charge >= 0.3 is 0 Å². The molecule has 1 fully saturated rings. The van der Waals surface area contributed by atoms with Crippen molar-refractivity contribution in [2.45, 2.75) is 13.0 Å². The largest absolute Gasteiger partial charge is 0.464 e. The maximum absolute atomic E-state index is 12.1. The minimum Gasteiger partial charge on any atom is -0.464 e. The van der Waals surface area contributed by atoms with Gasteiger partial charge in [-0.2, -0.15) is 0 Å². The SMILES string of the molecule is O=C(CCl)N(Cc1cccc2ccoc12)CC1CCOC1. The number of halogens is 1. The number of para-hydroxylation sites is 1. The number of alkyl halides is 1. The molecule has 1 aliphatic rings. The van der Waals surface area contributed by atoms with Crippen LogP contribution < -0.4 is 0 Å². The zero-order chi connectivity index (χ0) is 14.7. The van der Waals surface area contributed by atoms with Gasteiger partial charge in [0.25, 0.3) is 0 Å². The van der Waals surface area contributed by atoms with Crippen LogP contribution in [0.15, 0.2) is 34.9 Å². The first-order valence-corrected chi connectivity index (χ1v) is 7.68. The molecule has 4 nitrogen and oxygen atoms in total. The van der Waals surface area contributed by atoms with Crippen LogP contribution in [0.4, 0.5) is 0 Å². The molecule has 2 aromatic rings. The number of ether oxygens (including phenoxy) is 1. The summed E-state index contributed by atoms with van der Waals surface area (Å²) in [5, 5.41) is 1.05. The topological polar surface area (TPSA) is 42.7 Å². The third kappa shape index (κ3) is 3.22. The molecule has 0 saturated carbocycles. The molecule has 1 aliphatic heterocycles. The van der Waals surface area contributed by atoms with Crippen LogP contribution >= 0.6 is 11.6 Å². The van der Waals surface area contributed by atoms with Gasteiger partial charge in [-0.15, -0.1) is 11.6 Å². The second-order valence-corrected chi connectivity index (χ2v) is 5.66. The van der Waals surface area contributed by atoms with Crippen LogP contribution in [0.1, 0.15) is 12.0 Å². The lowest BCUT2D eigenvalue weighted by molar-refractivity contribution is -0.129. The zero-order valence-electron chi connectivity index (χ0n) is 11.8. The van der Waals surface area contributed by atoms with E-state index in [4.69, 9.17) is 20.8 Å². The van der Waals surface area contributed by atoms with Crippen molar-refractivity contribution in [2.24, 2.45) is 5.92 Å². The van der Waals surface area contributed by atoms with Crippen molar-refractivity contribution in [2.75, 3.05) is 25.6 Å². The zero-order valence-corrected chi connectivity index (χ0v) is 12.5. The van der Waals surface area contributed by atoms with E-state index in [9.17, 15) is 4.79 Å². The van der Waals surface area contributed by atoms with Gasteiger partial charge in [0.2, 0.25) is 5.91 Å². The maximum atomic E-state index is 12.1. The van der Waals surface area contributed by atoms with Gasteiger partial charge in [-0.3, -0.25) is 4.79 Å². The first-order chi connectivity index (χ1) is 10.3. The second kappa shape index (κ2) is 6.50. The molecule has 21 heavy (non-hydrogen) atoms. The lowest BCUT2D eigenvalue weighted by atomic mass is 10.1. The third-order valence-electron chi connectivity index (χ3n) is 3.89. The summed E-state index contributed by atoms with van der Waals surface area (Å²) in [5.41, 5.74) is 1.85. The summed E-state index contributed by atoms with van der Waals surface area (Å²) in [6.07, 6.45) is 2.67. The molecule has 3 rings (SSSR count). The van der Waals surface area contributed by atoms with Crippen LogP contribution in [0.3, 0.4) is 0 Å². The summed E-state index contributed by atoms with van der Waals surface area (Å²) < 4.78 is 10.9. The number of furan rings is 1. The summed E-state index contributed by atoms with van der Waals surface area (Å²) in [4.78, 5) is 13.9. The summed E-state index contributed by atoms with van der Waals surface area (Å²) in [6.45, 7) is 2.70.